The van der Waals surface area contributed by atoms with Crippen molar-refractivity contribution in [1.29, 1.82) is 0 Å². The number of para-hydroxylation sites is 3. The number of fused-ring (bicyclic) bond motifs is 2. The van der Waals surface area contributed by atoms with Crippen molar-refractivity contribution in [2.24, 2.45) is 0 Å². The standard InChI is InChI=1S/C25H24FN5O4S.C24H20N6O5S/c26-20-7-3-4-8-21(20)30-25(32)31-24-28-22-14-11-18(15-23(22)29-24)35-36(33,34)19-12-9-17(10-13-19)27-16-5-1-2-6-16;1-34-22-5-3-2-4-20(22)28-24(31)29-23-26-19-11-8-17(14-21(19)27-23)35-36(32,33)18-9-6-16(7-10-18)30-13-12-25-15-30/h3-4,7-16,27H,1-2,5-6H2,(H3,28,29,30,31,32);2-15H,1H3,(H3,26,27,28,29,31). The van der Waals surface area contributed by atoms with Gasteiger partial charge in [0.05, 0.1) is 46.9 Å². The molecule has 20 nitrogen and oxygen atoms in total. The average molecular weight is 1010 g/mol. The van der Waals surface area contributed by atoms with Crippen molar-refractivity contribution in [2.45, 2.75) is 41.5 Å². The van der Waals surface area contributed by atoms with E-state index in [1.54, 1.807) is 90.0 Å². The minimum absolute atomic E-state index is 0.00357. The second kappa shape index (κ2) is 21.0. The zero-order valence-electron chi connectivity index (χ0n) is 38.0. The number of aromatic amines is 2. The number of benzene rings is 6. The zero-order chi connectivity index (χ0) is 50.2. The van der Waals surface area contributed by atoms with E-state index < -0.39 is 38.1 Å². The third kappa shape index (κ3) is 11.7. The second-order valence-electron chi connectivity index (χ2n) is 16.1. The Hall–Kier alpha value is -8.96. The van der Waals surface area contributed by atoms with Crippen molar-refractivity contribution in [3.63, 3.8) is 0 Å². The average Bonchev–Trinajstić information content (AvgIpc) is 4.22. The maximum Gasteiger partial charge on any atom is 0.339 e. The van der Waals surface area contributed by atoms with E-state index >= 15 is 0 Å². The molecule has 0 atom stereocenters. The molecule has 3 heterocycles. The number of aromatic nitrogens is 6. The monoisotopic (exact) mass is 1010 g/mol. The number of carbonyl (C=O) groups is 2. The van der Waals surface area contributed by atoms with Gasteiger partial charge < -0.3 is 43.6 Å². The molecule has 0 spiro atoms. The van der Waals surface area contributed by atoms with E-state index in [0.717, 1.165) is 24.2 Å². The minimum atomic E-state index is -4.08. The number of rotatable bonds is 14. The van der Waals surface area contributed by atoms with Gasteiger partial charge in [-0.05, 0) is 110 Å². The number of carbonyl (C=O) groups excluding carboxylic acids is 2. The Balaban J connectivity index is 0.000000178. The van der Waals surface area contributed by atoms with E-state index in [9.17, 15) is 30.8 Å². The van der Waals surface area contributed by atoms with Crippen molar-refractivity contribution in [3.05, 3.63) is 158 Å². The van der Waals surface area contributed by atoms with Crippen LogP contribution in [0.2, 0.25) is 0 Å². The number of hydrogen-bond acceptors (Lipinski definition) is 13. The molecule has 0 radical (unpaired) electrons. The van der Waals surface area contributed by atoms with Gasteiger partial charge in [-0.1, -0.05) is 37.1 Å². The van der Waals surface area contributed by atoms with Gasteiger partial charge in [0.15, 0.2) is 0 Å². The number of nitrogens with zero attached hydrogens (tertiary/aromatic N) is 4. The Kier molecular flexibility index (Phi) is 14.0. The molecular formula is C49H44FN11O9S2. The number of methoxy groups -OCH3 is 1. The summed E-state index contributed by atoms with van der Waals surface area (Å²) in [6.45, 7) is 0. The van der Waals surface area contributed by atoms with Gasteiger partial charge in [0.25, 0.3) is 0 Å². The van der Waals surface area contributed by atoms with E-state index in [4.69, 9.17) is 13.1 Å². The van der Waals surface area contributed by atoms with Crippen LogP contribution >= 0.6 is 0 Å². The van der Waals surface area contributed by atoms with Gasteiger partial charge in [-0.3, -0.25) is 10.6 Å². The summed E-state index contributed by atoms with van der Waals surface area (Å²) in [7, 11) is -6.63. The van der Waals surface area contributed by atoms with Gasteiger partial charge in [0.2, 0.25) is 11.9 Å². The number of halogens is 1. The first-order valence-electron chi connectivity index (χ1n) is 22.1. The molecule has 0 unspecified atom stereocenters. The summed E-state index contributed by atoms with van der Waals surface area (Å²) in [5, 5.41) is 13.6. The highest BCUT2D eigenvalue weighted by Crippen LogP contribution is 2.29. The molecule has 0 bridgehead atoms. The van der Waals surface area contributed by atoms with E-state index in [0.29, 0.717) is 39.5 Å². The fourth-order valence-electron chi connectivity index (χ4n) is 7.60. The van der Waals surface area contributed by atoms with Crippen LogP contribution < -0.4 is 39.7 Å². The first-order valence-corrected chi connectivity index (χ1v) is 25.0. The third-order valence-corrected chi connectivity index (χ3v) is 13.6. The number of imidazole rings is 3. The molecule has 1 aliphatic rings. The molecule has 1 fully saturated rings. The fourth-order valence-corrected chi connectivity index (χ4v) is 9.44. The molecule has 6 aromatic carbocycles. The molecule has 72 heavy (non-hydrogen) atoms. The Labute approximate surface area is 411 Å². The minimum Gasteiger partial charge on any atom is -0.495 e. The lowest BCUT2D eigenvalue weighted by Gasteiger charge is -2.14. The molecule has 4 amide bonds. The van der Waals surface area contributed by atoms with Gasteiger partial charge in [-0.25, -0.2) is 28.9 Å². The molecule has 7 N–H and O–H groups in total. The lowest BCUT2D eigenvalue weighted by molar-refractivity contribution is 0.261. The highest BCUT2D eigenvalue weighted by Gasteiger charge is 2.21. The SMILES string of the molecule is COc1ccccc1NC(=O)Nc1nc2cc(OS(=O)(=O)c3ccc(-n4ccnc4)cc3)ccc2[nH]1.O=C(Nc1nc2cc(OS(=O)(=O)c3ccc(NC4CCCC4)cc3)ccc2[nH]1)Nc1ccccc1F. The van der Waals surface area contributed by atoms with Crippen LogP contribution in [-0.4, -0.2) is 71.5 Å². The maximum absolute atomic E-state index is 13.7. The second-order valence-corrected chi connectivity index (χ2v) is 19.1. The molecule has 368 valence electrons. The molecule has 0 aliphatic heterocycles. The molecule has 3 aromatic heterocycles. The van der Waals surface area contributed by atoms with Crippen LogP contribution in [-0.2, 0) is 20.2 Å². The first-order chi connectivity index (χ1) is 34.8. The molecule has 1 aliphatic carbocycles. The summed E-state index contributed by atoms with van der Waals surface area (Å²) >= 11 is 0. The Morgan fingerprint density at radius 3 is 1.72 bits per heavy atom. The van der Waals surface area contributed by atoms with Crippen LogP contribution in [0.25, 0.3) is 27.8 Å². The molecule has 10 rings (SSSR count). The lowest BCUT2D eigenvalue weighted by atomic mass is 10.2. The Morgan fingerprint density at radius 2 is 1.18 bits per heavy atom. The normalized spacial score (nSPS) is 12.6. The summed E-state index contributed by atoms with van der Waals surface area (Å²) in [5.41, 5.74) is 4.06. The Bertz CT molecular complexity index is 3610. The summed E-state index contributed by atoms with van der Waals surface area (Å²) in [5.74, 6) is 0.371. The van der Waals surface area contributed by atoms with Crippen molar-refractivity contribution in [2.75, 3.05) is 33.7 Å². The van der Waals surface area contributed by atoms with Crippen LogP contribution in [0.1, 0.15) is 25.7 Å². The van der Waals surface area contributed by atoms with Gasteiger partial charge in [-0.15, -0.1) is 0 Å². The highest BCUT2D eigenvalue weighted by molar-refractivity contribution is 7.87. The van der Waals surface area contributed by atoms with Crippen LogP contribution in [0.3, 0.4) is 0 Å². The molecule has 1 saturated carbocycles. The van der Waals surface area contributed by atoms with Crippen molar-refractivity contribution >= 4 is 83.3 Å². The van der Waals surface area contributed by atoms with E-state index in [1.165, 1.54) is 86.7 Å². The van der Waals surface area contributed by atoms with Crippen molar-refractivity contribution < 1.29 is 43.9 Å². The van der Waals surface area contributed by atoms with Crippen LogP contribution in [0.4, 0.5) is 42.9 Å². The van der Waals surface area contributed by atoms with Crippen molar-refractivity contribution in [1.82, 2.24) is 29.5 Å². The molecule has 9 aromatic rings. The van der Waals surface area contributed by atoms with Crippen LogP contribution in [0, 0.1) is 5.82 Å². The van der Waals surface area contributed by atoms with Crippen LogP contribution in [0.5, 0.6) is 17.2 Å². The van der Waals surface area contributed by atoms with E-state index in [2.05, 4.69) is 51.5 Å². The molecule has 0 saturated heterocycles. The van der Waals surface area contributed by atoms with Gasteiger partial charge >= 0.3 is 32.3 Å². The number of H-pyrrole nitrogens is 2. The number of hydrogen-bond donors (Lipinski definition) is 7. The number of ether oxygens (including phenoxy) is 1. The van der Waals surface area contributed by atoms with Crippen LogP contribution in [0.15, 0.2) is 162 Å². The number of amides is 4. The third-order valence-electron chi connectivity index (χ3n) is 11.1. The number of nitrogens with one attached hydrogen (secondary N) is 7. The van der Waals surface area contributed by atoms with E-state index in [1.807, 2.05) is 0 Å². The molecule has 23 heteroatoms. The zero-order valence-corrected chi connectivity index (χ0v) is 39.6. The maximum atomic E-state index is 13.7. The quantitative estimate of drug-likeness (QED) is 0.0501. The van der Waals surface area contributed by atoms with Gasteiger partial charge in [0, 0.05) is 41.9 Å². The predicted molar refractivity (Wildman–Crippen MR) is 268 cm³/mol. The molecular weight excluding hydrogens is 970 g/mol. The van der Waals surface area contributed by atoms with Crippen molar-refractivity contribution in [3.8, 4) is 22.9 Å². The highest BCUT2D eigenvalue weighted by atomic mass is 32.2. The smallest absolute Gasteiger partial charge is 0.339 e. The number of urea groups is 2. The summed E-state index contributed by atoms with van der Waals surface area (Å²) in [6.07, 6.45) is 9.65. The number of anilines is 5. The first kappa shape index (κ1) is 48.1. The van der Waals surface area contributed by atoms with Gasteiger partial charge in [-0.2, -0.15) is 16.8 Å². The summed E-state index contributed by atoms with van der Waals surface area (Å²) < 4.78 is 82.4. The van der Waals surface area contributed by atoms with E-state index in [-0.39, 0.29) is 38.9 Å². The lowest BCUT2D eigenvalue weighted by Crippen LogP contribution is -2.20. The largest absolute Gasteiger partial charge is 0.495 e. The predicted octanol–water partition coefficient (Wildman–Crippen LogP) is 9.64. The summed E-state index contributed by atoms with van der Waals surface area (Å²) in [4.78, 5) is 43.0. The topological polar surface area (TPSA) is 265 Å². The summed E-state index contributed by atoms with van der Waals surface area (Å²) in [6, 6.07) is 33.7. The fraction of sp³-hybridized carbons (Fsp3) is 0.122. The Morgan fingerprint density at radius 1 is 0.653 bits per heavy atom. The van der Waals surface area contributed by atoms with Gasteiger partial charge in [0.1, 0.15) is 32.9 Å².